The number of aryl methyl sites for hydroxylation is 1. The second-order valence-corrected chi connectivity index (χ2v) is 5.29. The zero-order valence-corrected chi connectivity index (χ0v) is 12.9. The van der Waals surface area contributed by atoms with Crippen molar-refractivity contribution in [2.24, 2.45) is 0 Å². The first-order chi connectivity index (χ1) is 9.60. The molecule has 0 heterocycles. The van der Waals surface area contributed by atoms with Gasteiger partial charge in [-0.2, -0.15) is 0 Å². The molecular weight excluding hydrogens is 270 g/mol. The number of hydrogen-bond acceptors (Lipinski definition) is 2. The lowest BCUT2D eigenvalue weighted by Crippen LogP contribution is -2.08. The Balaban J connectivity index is 2.20. The minimum Gasteiger partial charge on any atom is -0.492 e. The molecule has 20 heavy (non-hydrogen) atoms. The van der Waals surface area contributed by atoms with Crippen LogP contribution >= 0.6 is 11.6 Å². The average Bonchev–Trinajstić information content (AvgIpc) is 2.42. The average molecular weight is 290 g/mol. The first kappa shape index (κ1) is 14.7. The van der Waals surface area contributed by atoms with Gasteiger partial charge in [-0.3, -0.25) is 0 Å². The molecular formula is C17H20ClNO. The number of halogens is 1. The monoisotopic (exact) mass is 289 g/mol. The first-order valence-corrected chi connectivity index (χ1v) is 7.23. The van der Waals surface area contributed by atoms with Crippen LogP contribution in [0.5, 0.6) is 5.75 Å². The smallest absolute Gasteiger partial charge is 0.142 e. The standard InChI is InChI=1S/C17H20ClNO/c1-4-20-17-10-9-15(18)11-16(17)19-13(3)14-7-5-12(2)6-8-14/h5-11,13,19H,4H2,1-3H3. The first-order valence-electron chi connectivity index (χ1n) is 6.85. The lowest BCUT2D eigenvalue weighted by Gasteiger charge is -2.19. The molecule has 0 saturated carbocycles. The predicted molar refractivity (Wildman–Crippen MR) is 85.8 cm³/mol. The Morgan fingerprint density at radius 1 is 1.15 bits per heavy atom. The van der Waals surface area contributed by atoms with Gasteiger partial charge in [0.05, 0.1) is 12.3 Å². The van der Waals surface area contributed by atoms with E-state index in [9.17, 15) is 0 Å². The Labute approximate surface area is 125 Å². The molecule has 2 aromatic rings. The van der Waals surface area contributed by atoms with Crippen molar-refractivity contribution in [3.8, 4) is 5.75 Å². The van der Waals surface area contributed by atoms with Crippen molar-refractivity contribution in [1.29, 1.82) is 0 Å². The summed E-state index contributed by atoms with van der Waals surface area (Å²) in [6, 6.07) is 14.3. The molecule has 0 aliphatic rings. The quantitative estimate of drug-likeness (QED) is 0.815. The Morgan fingerprint density at radius 2 is 1.85 bits per heavy atom. The molecule has 2 rings (SSSR count). The number of rotatable bonds is 5. The van der Waals surface area contributed by atoms with Gasteiger partial charge in [-0.1, -0.05) is 41.4 Å². The van der Waals surface area contributed by atoms with Crippen molar-refractivity contribution in [3.05, 3.63) is 58.6 Å². The zero-order chi connectivity index (χ0) is 14.5. The van der Waals surface area contributed by atoms with Gasteiger partial charge in [-0.15, -0.1) is 0 Å². The molecule has 0 aliphatic carbocycles. The molecule has 2 nitrogen and oxygen atoms in total. The van der Waals surface area contributed by atoms with Crippen LogP contribution in [-0.2, 0) is 0 Å². The Hall–Kier alpha value is -1.67. The van der Waals surface area contributed by atoms with Gasteiger partial charge in [0, 0.05) is 11.1 Å². The van der Waals surface area contributed by atoms with Gasteiger partial charge in [-0.25, -0.2) is 0 Å². The fourth-order valence-corrected chi connectivity index (χ4v) is 2.24. The molecule has 0 spiro atoms. The number of benzene rings is 2. The lowest BCUT2D eigenvalue weighted by molar-refractivity contribution is 0.341. The van der Waals surface area contributed by atoms with Crippen LogP contribution in [-0.4, -0.2) is 6.61 Å². The fraction of sp³-hybridized carbons (Fsp3) is 0.294. The molecule has 2 aromatic carbocycles. The molecule has 1 unspecified atom stereocenters. The van der Waals surface area contributed by atoms with Crippen LogP contribution in [0.3, 0.4) is 0 Å². The van der Waals surface area contributed by atoms with Crippen molar-refractivity contribution >= 4 is 17.3 Å². The van der Waals surface area contributed by atoms with Crippen LogP contribution < -0.4 is 10.1 Å². The van der Waals surface area contributed by atoms with E-state index in [0.717, 1.165) is 11.4 Å². The molecule has 0 bridgehead atoms. The van der Waals surface area contributed by atoms with Crippen LogP contribution in [0.15, 0.2) is 42.5 Å². The molecule has 3 heteroatoms. The van der Waals surface area contributed by atoms with Crippen LogP contribution in [0.4, 0.5) is 5.69 Å². The van der Waals surface area contributed by atoms with Crippen molar-refractivity contribution in [2.75, 3.05) is 11.9 Å². The summed E-state index contributed by atoms with van der Waals surface area (Å²) >= 11 is 6.07. The van der Waals surface area contributed by atoms with Crippen LogP contribution in [0.1, 0.15) is 31.0 Å². The molecule has 0 aliphatic heterocycles. The molecule has 106 valence electrons. The third-order valence-corrected chi connectivity index (χ3v) is 3.43. The molecule has 0 radical (unpaired) electrons. The Bertz CT molecular complexity index is 566. The van der Waals surface area contributed by atoms with E-state index in [1.54, 1.807) is 0 Å². The second kappa shape index (κ2) is 6.67. The van der Waals surface area contributed by atoms with Crippen LogP contribution in [0.2, 0.25) is 5.02 Å². The predicted octanol–water partition coefficient (Wildman–Crippen LogP) is 5.22. The molecule has 0 saturated heterocycles. The third-order valence-electron chi connectivity index (χ3n) is 3.19. The summed E-state index contributed by atoms with van der Waals surface area (Å²) in [5.41, 5.74) is 3.42. The van der Waals surface area contributed by atoms with Crippen molar-refractivity contribution in [2.45, 2.75) is 26.8 Å². The highest BCUT2D eigenvalue weighted by atomic mass is 35.5. The highest BCUT2D eigenvalue weighted by Gasteiger charge is 2.09. The van der Waals surface area contributed by atoms with Gasteiger partial charge in [0.2, 0.25) is 0 Å². The maximum absolute atomic E-state index is 6.07. The van der Waals surface area contributed by atoms with Crippen molar-refractivity contribution in [1.82, 2.24) is 0 Å². The van der Waals surface area contributed by atoms with Crippen molar-refractivity contribution in [3.63, 3.8) is 0 Å². The summed E-state index contributed by atoms with van der Waals surface area (Å²) in [6.07, 6.45) is 0. The summed E-state index contributed by atoms with van der Waals surface area (Å²) in [6.45, 7) is 6.82. The maximum atomic E-state index is 6.07. The molecule has 1 N–H and O–H groups in total. The van der Waals surface area contributed by atoms with E-state index in [4.69, 9.17) is 16.3 Å². The summed E-state index contributed by atoms with van der Waals surface area (Å²) in [4.78, 5) is 0. The molecule has 0 aromatic heterocycles. The maximum Gasteiger partial charge on any atom is 0.142 e. The number of hydrogen-bond donors (Lipinski definition) is 1. The SMILES string of the molecule is CCOc1ccc(Cl)cc1NC(C)c1ccc(C)cc1. The van der Waals surface area contributed by atoms with E-state index in [0.29, 0.717) is 11.6 Å². The molecule has 1 atom stereocenters. The van der Waals surface area contributed by atoms with Gasteiger partial charge in [-0.05, 0) is 44.5 Å². The van der Waals surface area contributed by atoms with Crippen LogP contribution in [0.25, 0.3) is 0 Å². The van der Waals surface area contributed by atoms with Gasteiger partial charge >= 0.3 is 0 Å². The Morgan fingerprint density at radius 3 is 2.50 bits per heavy atom. The van der Waals surface area contributed by atoms with Gasteiger partial charge in [0.1, 0.15) is 5.75 Å². The largest absolute Gasteiger partial charge is 0.492 e. The van der Waals surface area contributed by atoms with Gasteiger partial charge in [0.25, 0.3) is 0 Å². The summed E-state index contributed by atoms with van der Waals surface area (Å²) < 4.78 is 5.63. The van der Waals surface area contributed by atoms with Gasteiger partial charge < -0.3 is 10.1 Å². The zero-order valence-electron chi connectivity index (χ0n) is 12.1. The fourth-order valence-electron chi connectivity index (χ4n) is 2.07. The highest BCUT2D eigenvalue weighted by molar-refractivity contribution is 6.30. The summed E-state index contributed by atoms with van der Waals surface area (Å²) in [5, 5.41) is 4.16. The number of ether oxygens (including phenoxy) is 1. The summed E-state index contributed by atoms with van der Waals surface area (Å²) in [5.74, 6) is 0.830. The van der Waals surface area contributed by atoms with E-state index < -0.39 is 0 Å². The highest BCUT2D eigenvalue weighted by Crippen LogP contribution is 2.31. The van der Waals surface area contributed by atoms with E-state index in [2.05, 4.69) is 43.4 Å². The molecule has 0 amide bonds. The number of nitrogens with one attached hydrogen (secondary N) is 1. The van der Waals surface area contributed by atoms with E-state index in [1.807, 2.05) is 25.1 Å². The minimum absolute atomic E-state index is 0.188. The molecule has 0 fully saturated rings. The second-order valence-electron chi connectivity index (χ2n) is 4.85. The van der Waals surface area contributed by atoms with Crippen LogP contribution in [0, 0.1) is 6.92 Å². The Kier molecular flexibility index (Phi) is 4.91. The van der Waals surface area contributed by atoms with Gasteiger partial charge in [0.15, 0.2) is 0 Å². The topological polar surface area (TPSA) is 21.3 Å². The third kappa shape index (κ3) is 3.67. The minimum atomic E-state index is 0.188. The van der Waals surface area contributed by atoms with E-state index >= 15 is 0 Å². The normalized spacial score (nSPS) is 12.0. The van der Waals surface area contributed by atoms with E-state index in [-0.39, 0.29) is 6.04 Å². The lowest BCUT2D eigenvalue weighted by atomic mass is 10.1. The van der Waals surface area contributed by atoms with Crippen molar-refractivity contribution < 1.29 is 4.74 Å². The number of anilines is 1. The summed E-state index contributed by atoms with van der Waals surface area (Å²) in [7, 11) is 0. The van der Waals surface area contributed by atoms with E-state index in [1.165, 1.54) is 11.1 Å².